The summed E-state index contributed by atoms with van der Waals surface area (Å²) in [5.41, 5.74) is 3.06. The first-order chi connectivity index (χ1) is 17.8. The van der Waals surface area contributed by atoms with Crippen LogP contribution in [0.15, 0.2) is 83.8 Å². The molecule has 12 heteroatoms. The third-order valence-electron chi connectivity index (χ3n) is 6.64. The maximum Gasteiger partial charge on any atom is 0.336 e. The Balaban J connectivity index is 0.00000187. The number of sulfonamides is 1. The molecule has 2 heterocycles. The van der Waals surface area contributed by atoms with E-state index in [1.807, 2.05) is 25.1 Å². The van der Waals surface area contributed by atoms with Crippen LogP contribution in [0.1, 0.15) is 22.8 Å². The van der Waals surface area contributed by atoms with E-state index in [-0.39, 0.29) is 53.4 Å². The third kappa shape index (κ3) is 7.09. The first-order valence-electron chi connectivity index (χ1n) is 12.2. The largest absolute Gasteiger partial charge is 0.478 e. The predicted octanol–water partition coefficient (Wildman–Crippen LogP) is 5.89. The van der Waals surface area contributed by atoms with E-state index < -0.39 is 16.0 Å². The van der Waals surface area contributed by atoms with Crippen molar-refractivity contribution in [2.24, 2.45) is 0 Å². The average molecular weight is 626 g/mol. The molecular formula is C28H31Cl3N4O4S. The Morgan fingerprint density at radius 1 is 0.875 bits per heavy atom. The number of carboxylic acids is 1. The molecule has 1 aliphatic heterocycles. The van der Waals surface area contributed by atoms with E-state index in [2.05, 4.69) is 26.7 Å². The van der Waals surface area contributed by atoms with Gasteiger partial charge in [0.25, 0.3) is 10.0 Å². The number of para-hydroxylation sites is 1. The Hall–Kier alpha value is -3.24. The van der Waals surface area contributed by atoms with Crippen molar-refractivity contribution in [1.82, 2.24) is 4.98 Å². The smallest absolute Gasteiger partial charge is 0.336 e. The van der Waals surface area contributed by atoms with Crippen LogP contribution in [0.4, 0.5) is 17.2 Å². The number of pyridine rings is 1. The molecule has 0 amide bonds. The molecule has 4 aromatic rings. The fraction of sp³-hybridized carbons (Fsp3) is 0.214. The van der Waals surface area contributed by atoms with Gasteiger partial charge in [-0.3, -0.25) is 4.72 Å². The number of carboxylic acid groups (broad SMARTS) is 1. The fourth-order valence-corrected chi connectivity index (χ4v) is 5.61. The van der Waals surface area contributed by atoms with Gasteiger partial charge in [0.1, 0.15) is 5.82 Å². The Labute approximate surface area is 252 Å². The lowest BCUT2D eigenvalue weighted by Gasteiger charge is -2.37. The van der Waals surface area contributed by atoms with Crippen LogP contribution in [0.5, 0.6) is 0 Å². The van der Waals surface area contributed by atoms with E-state index in [0.717, 1.165) is 30.8 Å². The summed E-state index contributed by atoms with van der Waals surface area (Å²) in [7, 11) is -3.82. The van der Waals surface area contributed by atoms with Crippen LogP contribution in [0.2, 0.25) is 0 Å². The molecule has 0 radical (unpaired) electrons. The summed E-state index contributed by atoms with van der Waals surface area (Å²) in [4.78, 5) is 21.4. The van der Waals surface area contributed by atoms with Gasteiger partial charge >= 0.3 is 5.97 Å². The number of aryl methyl sites for hydroxylation is 1. The van der Waals surface area contributed by atoms with Crippen molar-refractivity contribution in [3.8, 4) is 0 Å². The van der Waals surface area contributed by atoms with Crippen molar-refractivity contribution in [3.63, 3.8) is 0 Å². The molecule has 1 aliphatic rings. The SMILES string of the molecule is CCc1ccc(S(=O)(=O)Nc2ccc3nc(N4CCN(c5ccccc5)CC4)cc(C(=O)O)c3c2)cc1.Cl.Cl.Cl. The molecule has 40 heavy (non-hydrogen) atoms. The number of aromatic carboxylic acids is 1. The zero-order chi connectivity index (χ0) is 26.0. The second-order valence-electron chi connectivity index (χ2n) is 8.98. The molecule has 1 saturated heterocycles. The lowest BCUT2D eigenvalue weighted by atomic mass is 10.1. The molecule has 0 saturated carbocycles. The molecule has 2 N–H and O–H groups in total. The van der Waals surface area contributed by atoms with E-state index in [1.54, 1.807) is 42.5 Å². The molecule has 1 aromatic heterocycles. The van der Waals surface area contributed by atoms with Gasteiger partial charge in [-0.25, -0.2) is 18.2 Å². The summed E-state index contributed by atoms with van der Waals surface area (Å²) in [5.74, 6) is -0.492. The summed E-state index contributed by atoms with van der Waals surface area (Å²) in [6, 6.07) is 23.2. The van der Waals surface area contributed by atoms with E-state index in [4.69, 9.17) is 4.98 Å². The zero-order valence-electron chi connectivity index (χ0n) is 21.7. The van der Waals surface area contributed by atoms with Gasteiger partial charge in [-0.15, -0.1) is 37.2 Å². The summed E-state index contributed by atoms with van der Waals surface area (Å²) in [6.45, 7) is 5.02. The Kier molecular flexibility index (Phi) is 11.5. The quantitative estimate of drug-likeness (QED) is 0.264. The van der Waals surface area contributed by atoms with Crippen LogP contribution in [0.25, 0.3) is 10.9 Å². The number of benzene rings is 3. The summed E-state index contributed by atoms with van der Waals surface area (Å²) < 4.78 is 28.3. The molecule has 0 spiro atoms. The number of fused-ring (bicyclic) bond motifs is 1. The monoisotopic (exact) mass is 624 g/mol. The molecular weight excluding hydrogens is 595 g/mol. The van der Waals surface area contributed by atoms with Crippen LogP contribution in [-0.2, 0) is 16.4 Å². The van der Waals surface area contributed by atoms with Crippen LogP contribution in [-0.4, -0.2) is 50.7 Å². The number of halogens is 3. The number of nitrogens with one attached hydrogen (secondary N) is 1. The van der Waals surface area contributed by atoms with Crippen LogP contribution in [0, 0.1) is 0 Å². The highest BCUT2D eigenvalue weighted by atomic mass is 35.5. The maximum atomic E-state index is 12.9. The molecule has 0 unspecified atom stereocenters. The molecule has 214 valence electrons. The molecule has 0 bridgehead atoms. The summed E-state index contributed by atoms with van der Waals surface area (Å²) >= 11 is 0. The summed E-state index contributed by atoms with van der Waals surface area (Å²) in [5, 5.41) is 10.3. The van der Waals surface area contributed by atoms with Gasteiger partial charge in [-0.1, -0.05) is 37.3 Å². The molecule has 0 aliphatic carbocycles. The average Bonchev–Trinajstić information content (AvgIpc) is 2.93. The van der Waals surface area contributed by atoms with Crippen molar-refractivity contribution in [2.75, 3.05) is 40.7 Å². The molecule has 8 nitrogen and oxygen atoms in total. The second-order valence-corrected chi connectivity index (χ2v) is 10.7. The summed E-state index contributed by atoms with van der Waals surface area (Å²) in [6.07, 6.45) is 0.814. The van der Waals surface area contributed by atoms with Crippen LogP contribution in [0.3, 0.4) is 0 Å². The van der Waals surface area contributed by atoms with E-state index in [0.29, 0.717) is 29.8 Å². The molecule has 5 rings (SSSR count). The van der Waals surface area contributed by atoms with Crippen LogP contribution < -0.4 is 14.5 Å². The first-order valence-corrected chi connectivity index (χ1v) is 13.7. The van der Waals surface area contributed by atoms with Crippen molar-refractivity contribution in [3.05, 3.63) is 90.0 Å². The van der Waals surface area contributed by atoms with Crippen LogP contribution >= 0.6 is 37.2 Å². The number of nitrogens with zero attached hydrogens (tertiary/aromatic N) is 3. The third-order valence-corrected chi connectivity index (χ3v) is 8.04. The number of carbonyl (C=O) groups is 1. The standard InChI is InChI=1S/C28H28N4O4S.3ClH/c1-2-20-8-11-23(12-9-20)37(35,36)30-21-10-13-26-24(18-21)25(28(33)34)19-27(29-26)32-16-14-31(15-17-32)22-6-4-3-5-7-22;;;/h3-13,18-19,30H,2,14-17H2,1H3,(H,33,34);3*1H. The lowest BCUT2D eigenvalue weighted by molar-refractivity contribution is 0.0699. The minimum Gasteiger partial charge on any atom is -0.478 e. The molecule has 3 aromatic carbocycles. The minimum atomic E-state index is -3.82. The highest BCUT2D eigenvalue weighted by molar-refractivity contribution is 7.92. The first kappa shape index (κ1) is 33.0. The zero-order valence-corrected chi connectivity index (χ0v) is 25.0. The topological polar surface area (TPSA) is 103 Å². The van der Waals surface area contributed by atoms with Crippen molar-refractivity contribution >= 4 is 81.3 Å². The van der Waals surface area contributed by atoms with Crippen molar-refractivity contribution in [1.29, 1.82) is 0 Å². The maximum absolute atomic E-state index is 12.9. The Bertz CT molecular complexity index is 1550. The van der Waals surface area contributed by atoms with E-state index >= 15 is 0 Å². The number of piperazine rings is 1. The van der Waals surface area contributed by atoms with E-state index in [9.17, 15) is 18.3 Å². The highest BCUT2D eigenvalue weighted by Gasteiger charge is 2.22. The van der Waals surface area contributed by atoms with Gasteiger partial charge in [-0.2, -0.15) is 0 Å². The molecule has 1 fully saturated rings. The van der Waals surface area contributed by atoms with Gasteiger partial charge in [-0.05, 0) is 60.5 Å². The highest BCUT2D eigenvalue weighted by Crippen LogP contribution is 2.28. The molecule has 0 atom stereocenters. The van der Waals surface area contributed by atoms with Gasteiger partial charge in [0.05, 0.1) is 16.0 Å². The number of hydrogen-bond donors (Lipinski definition) is 2. The predicted molar refractivity (Wildman–Crippen MR) is 168 cm³/mol. The Morgan fingerprint density at radius 3 is 2.10 bits per heavy atom. The number of anilines is 3. The van der Waals surface area contributed by atoms with Gasteiger partial charge in [0.2, 0.25) is 0 Å². The number of rotatable bonds is 7. The van der Waals surface area contributed by atoms with E-state index in [1.165, 1.54) is 6.07 Å². The van der Waals surface area contributed by atoms with Crippen molar-refractivity contribution < 1.29 is 18.3 Å². The Morgan fingerprint density at radius 2 is 1.50 bits per heavy atom. The minimum absolute atomic E-state index is 0. The van der Waals surface area contributed by atoms with Gasteiger partial charge in [0, 0.05) is 42.9 Å². The van der Waals surface area contributed by atoms with Crippen molar-refractivity contribution in [2.45, 2.75) is 18.2 Å². The number of aromatic nitrogens is 1. The second kappa shape index (κ2) is 13.9. The normalized spacial score (nSPS) is 13.0. The lowest BCUT2D eigenvalue weighted by Crippen LogP contribution is -2.46. The fourth-order valence-electron chi connectivity index (χ4n) is 4.57. The van der Waals surface area contributed by atoms with Gasteiger partial charge in [0.15, 0.2) is 0 Å². The number of hydrogen-bond acceptors (Lipinski definition) is 6. The van der Waals surface area contributed by atoms with Gasteiger partial charge < -0.3 is 14.9 Å².